The number of carbonyl (C=O) groups excluding carboxylic acids is 1. The Kier molecular flexibility index (Phi) is 8.72. The molecule has 22 heteroatoms. The lowest BCUT2D eigenvalue weighted by atomic mass is 9.91. The summed E-state index contributed by atoms with van der Waals surface area (Å²) in [4.78, 5) is 12.3. The fourth-order valence-corrected chi connectivity index (χ4v) is 4.50. The van der Waals surface area contributed by atoms with Crippen LogP contribution in [0.15, 0.2) is 24.3 Å². The maximum atomic E-state index is 14.1. The minimum atomic E-state index is -8.93. The highest BCUT2D eigenvalue weighted by molar-refractivity contribution is 7.88. The van der Waals surface area contributed by atoms with Gasteiger partial charge in [0.25, 0.3) is 0 Å². The number of hydrogen-bond acceptors (Lipinski definition) is 4. The summed E-state index contributed by atoms with van der Waals surface area (Å²) in [5, 5.41) is -7.79. The van der Waals surface area contributed by atoms with Gasteiger partial charge in [0.15, 0.2) is 5.78 Å². The van der Waals surface area contributed by atoms with E-state index in [1.54, 1.807) is 0 Å². The zero-order valence-electron chi connectivity index (χ0n) is 19.7. The summed E-state index contributed by atoms with van der Waals surface area (Å²) in [6.45, 7) is 0. The average molecular weight is 672 g/mol. The summed E-state index contributed by atoms with van der Waals surface area (Å²) in [5.74, 6) is -54.7. The van der Waals surface area contributed by atoms with Crippen molar-refractivity contribution >= 4 is 15.9 Å². The van der Waals surface area contributed by atoms with E-state index in [0.717, 1.165) is 0 Å². The molecule has 1 aromatic carbocycles. The molecular weight excluding hydrogens is 659 g/mol. The van der Waals surface area contributed by atoms with Crippen LogP contribution in [0.2, 0.25) is 0 Å². The van der Waals surface area contributed by atoms with Gasteiger partial charge in [-0.25, -0.2) is 0 Å². The van der Waals surface area contributed by atoms with Crippen LogP contribution < -0.4 is 4.18 Å². The van der Waals surface area contributed by atoms with E-state index in [4.69, 9.17) is 0 Å². The van der Waals surface area contributed by atoms with Crippen LogP contribution in [0.4, 0.5) is 74.6 Å². The van der Waals surface area contributed by atoms with Crippen LogP contribution >= 0.6 is 0 Å². The van der Waals surface area contributed by atoms with Crippen molar-refractivity contribution in [2.45, 2.75) is 72.6 Å². The summed E-state index contributed by atoms with van der Waals surface area (Å²) < 4.78 is 254. The topological polar surface area (TPSA) is 60.4 Å². The molecule has 0 bridgehead atoms. The van der Waals surface area contributed by atoms with Gasteiger partial charge >= 0.3 is 57.1 Å². The van der Waals surface area contributed by atoms with Gasteiger partial charge in [-0.05, 0) is 37.1 Å². The second-order valence-electron chi connectivity index (χ2n) is 8.87. The van der Waals surface area contributed by atoms with Gasteiger partial charge < -0.3 is 4.18 Å². The number of carbonyl (C=O) groups is 1. The molecule has 0 aliphatic heterocycles. The fraction of sp³-hybridized carbons (Fsp3) is 0.650. The number of Topliss-reactive ketones (excluding diaryl/α,β-unsaturated/α-hetero) is 1. The second-order valence-corrected chi connectivity index (χ2v) is 10.5. The predicted octanol–water partition coefficient (Wildman–Crippen LogP) is 7.74. The molecule has 1 aliphatic rings. The molecule has 242 valence electrons. The molecule has 0 heterocycles. The highest BCUT2D eigenvalue weighted by atomic mass is 32.2. The van der Waals surface area contributed by atoms with Gasteiger partial charge in [0.05, 0.1) is 0 Å². The van der Waals surface area contributed by atoms with Gasteiger partial charge in [0, 0.05) is 11.5 Å². The molecule has 4 nitrogen and oxygen atoms in total. The van der Waals surface area contributed by atoms with Gasteiger partial charge in [0.1, 0.15) is 5.75 Å². The average Bonchev–Trinajstić information content (AvgIpc) is 3.37. The molecular formula is C20H13F17O4S. The Balaban J connectivity index is 2.48. The number of alkyl halides is 17. The van der Waals surface area contributed by atoms with Crippen molar-refractivity contribution in [3.05, 3.63) is 29.8 Å². The van der Waals surface area contributed by atoms with Gasteiger partial charge in [-0.2, -0.15) is 83.1 Å². The smallest absolute Gasteiger partial charge is 0.378 e. The van der Waals surface area contributed by atoms with Crippen LogP contribution in [-0.4, -0.2) is 61.2 Å². The zero-order valence-corrected chi connectivity index (χ0v) is 20.5. The van der Waals surface area contributed by atoms with Crippen molar-refractivity contribution in [3.8, 4) is 5.75 Å². The summed E-state index contributed by atoms with van der Waals surface area (Å²) in [6, 6.07) is 1.92. The van der Waals surface area contributed by atoms with Gasteiger partial charge in [-0.15, -0.1) is 0 Å². The van der Waals surface area contributed by atoms with Gasteiger partial charge in [-0.1, -0.05) is 12.8 Å². The molecule has 0 spiro atoms. The molecule has 0 amide bonds. The van der Waals surface area contributed by atoms with Crippen LogP contribution in [-0.2, 0) is 10.1 Å². The van der Waals surface area contributed by atoms with E-state index in [9.17, 15) is 87.8 Å². The number of ketones is 1. The van der Waals surface area contributed by atoms with Crippen molar-refractivity contribution in [2.24, 2.45) is 5.92 Å². The van der Waals surface area contributed by atoms with E-state index in [1.165, 1.54) is 0 Å². The Hall–Kier alpha value is -2.55. The van der Waals surface area contributed by atoms with Crippen LogP contribution in [0.5, 0.6) is 5.75 Å². The number of halogens is 17. The Labute approximate surface area is 222 Å². The van der Waals surface area contributed by atoms with Crippen LogP contribution in [0.25, 0.3) is 0 Å². The molecule has 0 saturated heterocycles. The second kappa shape index (κ2) is 10.3. The summed E-state index contributed by atoms with van der Waals surface area (Å²) in [5.41, 5.74) is -0.228. The monoisotopic (exact) mass is 672 g/mol. The zero-order chi connectivity index (χ0) is 33.2. The lowest BCUT2D eigenvalue weighted by molar-refractivity contribution is -0.458. The largest absolute Gasteiger partial charge is 0.460 e. The number of hydrogen-bond donors (Lipinski definition) is 0. The first-order valence-electron chi connectivity index (χ1n) is 10.8. The molecule has 0 atom stereocenters. The molecule has 1 saturated carbocycles. The van der Waals surface area contributed by atoms with Crippen molar-refractivity contribution < 1.29 is 92.0 Å². The summed E-state index contributed by atoms with van der Waals surface area (Å²) in [7, 11) is -7.74. The SMILES string of the molecule is O=C(c1ccc(OS(=O)(=O)C(F)(F)C(F)(F)C(F)(F)C(F)(F)C(F)(F)C(F)(F)C(F)(F)C(F)(F)F)cc1)C1CCCC1. The number of rotatable bonds is 11. The highest BCUT2D eigenvalue weighted by Gasteiger charge is 2.96. The third-order valence-electron chi connectivity index (χ3n) is 6.08. The maximum Gasteiger partial charge on any atom is 0.460 e. The molecule has 0 aromatic heterocycles. The Morgan fingerprint density at radius 1 is 0.595 bits per heavy atom. The van der Waals surface area contributed by atoms with Crippen LogP contribution in [0, 0.1) is 5.92 Å². The van der Waals surface area contributed by atoms with E-state index < -0.39 is 74.5 Å². The van der Waals surface area contributed by atoms with E-state index in [1.807, 2.05) is 0 Å². The molecule has 2 rings (SSSR count). The minimum Gasteiger partial charge on any atom is -0.378 e. The molecule has 42 heavy (non-hydrogen) atoms. The highest BCUT2D eigenvalue weighted by Crippen LogP contribution is 2.64. The van der Waals surface area contributed by atoms with E-state index in [-0.39, 0.29) is 5.56 Å². The fourth-order valence-electron chi connectivity index (χ4n) is 3.58. The third kappa shape index (κ3) is 5.03. The van der Waals surface area contributed by atoms with Crippen molar-refractivity contribution in [1.82, 2.24) is 0 Å². The molecule has 0 unspecified atom stereocenters. The maximum absolute atomic E-state index is 14.1. The minimum absolute atomic E-state index is 0.228. The normalized spacial score (nSPS) is 17.5. The van der Waals surface area contributed by atoms with Crippen LogP contribution in [0.1, 0.15) is 36.0 Å². The van der Waals surface area contributed by atoms with Crippen LogP contribution in [0.3, 0.4) is 0 Å². The van der Waals surface area contributed by atoms with Crippen molar-refractivity contribution in [3.63, 3.8) is 0 Å². The van der Waals surface area contributed by atoms with E-state index in [2.05, 4.69) is 4.18 Å². The van der Waals surface area contributed by atoms with Crippen molar-refractivity contribution in [1.29, 1.82) is 0 Å². The lowest BCUT2D eigenvalue weighted by Crippen LogP contribution is -2.75. The number of benzene rings is 1. The third-order valence-corrected chi connectivity index (χ3v) is 7.37. The first-order chi connectivity index (χ1) is 18.5. The Morgan fingerprint density at radius 3 is 1.33 bits per heavy atom. The van der Waals surface area contributed by atoms with Crippen molar-refractivity contribution in [2.75, 3.05) is 0 Å². The van der Waals surface area contributed by atoms with Gasteiger partial charge in [0.2, 0.25) is 0 Å². The Morgan fingerprint density at radius 2 is 0.952 bits per heavy atom. The summed E-state index contributed by atoms with van der Waals surface area (Å²) in [6.07, 6.45) is -5.77. The van der Waals surface area contributed by atoms with Gasteiger partial charge in [-0.3, -0.25) is 4.79 Å². The quantitative estimate of drug-likeness (QED) is 0.137. The molecule has 1 aromatic rings. The molecule has 0 N–H and O–H groups in total. The molecule has 1 fully saturated rings. The predicted molar refractivity (Wildman–Crippen MR) is 103 cm³/mol. The molecule has 0 radical (unpaired) electrons. The standard InChI is InChI=1S/C20H13F17O4S/c21-13(22,15(25,26)17(29,30)19(33,34)35)14(23,24)16(27,28)18(31,32)20(36,37)42(39,40)41-11-7-5-10(6-8-11)12(38)9-3-1-2-4-9/h5-9H,1-4H2. The Bertz CT molecular complexity index is 1260. The molecule has 1 aliphatic carbocycles. The first kappa shape index (κ1) is 35.6. The van der Waals surface area contributed by atoms with E-state index >= 15 is 0 Å². The summed E-state index contributed by atoms with van der Waals surface area (Å²) >= 11 is 0. The first-order valence-corrected chi connectivity index (χ1v) is 12.2. The van der Waals surface area contributed by atoms with E-state index in [0.29, 0.717) is 49.9 Å². The lowest BCUT2D eigenvalue weighted by Gasteiger charge is -2.42.